The molecule has 1 amide bonds. The first-order valence-electron chi connectivity index (χ1n) is 7.15. The molecule has 0 radical (unpaired) electrons. The molecule has 1 aromatic heterocycles. The van der Waals surface area contributed by atoms with Crippen molar-refractivity contribution < 1.29 is 4.79 Å². The molecule has 2 N–H and O–H groups in total. The predicted molar refractivity (Wildman–Crippen MR) is 82.2 cm³/mol. The standard InChI is InChI=1S/C16H18ClN3O/c1-11-14(20-10-19-11)9-18-15(21)16(7-2-8-16)12-3-5-13(17)6-4-12/h3-6,10H,2,7-9H2,1H3,(H,18,21)(H,19,20). The van der Waals surface area contributed by atoms with Crippen LogP contribution in [0.15, 0.2) is 30.6 Å². The summed E-state index contributed by atoms with van der Waals surface area (Å²) >= 11 is 5.94. The molecule has 0 bridgehead atoms. The van der Waals surface area contributed by atoms with Gasteiger partial charge in [-0.15, -0.1) is 0 Å². The lowest BCUT2D eigenvalue weighted by Gasteiger charge is -2.40. The third kappa shape index (κ3) is 2.56. The molecule has 1 fully saturated rings. The molecule has 1 aliphatic rings. The smallest absolute Gasteiger partial charge is 0.230 e. The fourth-order valence-electron chi connectivity index (χ4n) is 2.84. The molecule has 1 heterocycles. The van der Waals surface area contributed by atoms with Crippen molar-refractivity contribution in [1.29, 1.82) is 0 Å². The number of carbonyl (C=O) groups is 1. The van der Waals surface area contributed by atoms with Crippen LogP contribution >= 0.6 is 11.6 Å². The summed E-state index contributed by atoms with van der Waals surface area (Å²) in [6.45, 7) is 2.41. The fourth-order valence-corrected chi connectivity index (χ4v) is 2.97. The molecule has 0 saturated heterocycles. The zero-order valence-electron chi connectivity index (χ0n) is 11.9. The highest BCUT2D eigenvalue weighted by Gasteiger charge is 2.45. The number of hydrogen-bond donors (Lipinski definition) is 2. The van der Waals surface area contributed by atoms with Gasteiger partial charge in [0.15, 0.2) is 0 Å². The van der Waals surface area contributed by atoms with Gasteiger partial charge in [0.2, 0.25) is 5.91 Å². The molecular weight excluding hydrogens is 286 g/mol. The molecule has 21 heavy (non-hydrogen) atoms. The molecule has 3 rings (SSSR count). The zero-order valence-corrected chi connectivity index (χ0v) is 12.7. The van der Waals surface area contributed by atoms with E-state index in [9.17, 15) is 4.79 Å². The van der Waals surface area contributed by atoms with Crippen LogP contribution in [0.2, 0.25) is 5.02 Å². The first-order valence-corrected chi connectivity index (χ1v) is 7.53. The Kier molecular flexibility index (Phi) is 3.72. The first kappa shape index (κ1) is 14.1. The van der Waals surface area contributed by atoms with Crippen LogP contribution in [0.1, 0.15) is 36.2 Å². The van der Waals surface area contributed by atoms with Gasteiger partial charge < -0.3 is 10.3 Å². The van der Waals surface area contributed by atoms with E-state index in [0.717, 1.165) is 36.2 Å². The monoisotopic (exact) mass is 303 g/mol. The average molecular weight is 304 g/mol. The lowest BCUT2D eigenvalue weighted by atomic mass is 9.64. The van der Waals surface area contributed by atoms with E-state index in [2.05, 4.69) is 15.3 Å². The normalized spacial score (nSPS) is 16.3. The topological polar surface area (TPSA) is 57.8 Å². The van der Waals surface area contributed by atoms with Crippen molar-refractivity contribution in [2.24, 2.45) is 0 Å². The minimum atomic E-state index is -0.394. The van der Waals surface area contributed by atoms with Gasteiger partial charge in [-0.2, -0.15) is 0 Å². The summed E-state index contributed by atoms with van der Waals surface area (Å²) in [5.41, 5.74) is 2.53. The quantitative estimate of drug-likeness (QED) is 0.912. The Morgan fingerprint density at radius 3 is 2.62 bits per heavy atom. The number of nitrogens with one attached hydrogen (secondary N) is 2. The lowest BCUT2D eigenvalue weighted by Crippen LogP contribution is -2.49. The van der Waals surface area contributed by atoms with Crippen LogP contribution in [-0.4, -0.2) is 15.9 Å². The molecule has 1 saturated carbocycles. The van der Waals surface area contributed by atoms with Crippen LogP contribution in [-0.2, 0) is 16.8 Å². The average Bonchev–Trinajstić information content (AvgIpc) is 2.83. The molecular formula is C16H18ClN3O. The lowest BCUT2D eigenvalue weighted by molar-refractivity contribution is -0.130. The highest BCUT2D eigenvalue weighted by atomic mass is 35.5. The summed E-state index contributed by atoms with van der Waals surface area (Å²) in [6.07, 6.45) is 4.51. The number of amides is 1. The maximum atomic E-state index is 12.7. The van der Waals surface area contributed by atoms with E-state index in [1.807, 2.05) is 31.2 Å². The minimum Gasteiger partial charge on any atom is -0.350 e. The van der Waals surface area contributed by atoms with Gasteiger partial charge in [-0.3, -0.25) is 4.79 Å². The van der Waals surface area contributed by atoms with Crippen molar-refractivity contribution in [2.75, 3.05) is 0 Å². The largest absolute Gasteiger partial charge is 0.350 e. The SMILES string of the molecule is Cc1[nH]cnc1CNC(=O)C1(c2ccc(Cl)cc2)CCC1. The van der Waals surface area contributed by atoms with Gasteiger partial charge >= 0.3 is 0 Å². The van der Waals surface area contributed by atoms with Crippen molar-refractivity contribution in [3.8, 4) is 0 Å². The second kappa shape index (κ2) is 5.53. The number of imidazole rings is 1. The van der Waals surface area contributed by atoms with E-state index in [4.69, 9.17) is 11.6 Å². The summed E-state index contributed by atoms with van der Waals surface area (Å²) in [4.78, 5) is 19.9. The Labute approximate surface area is 128 Å². The molecule has 0 atom stereocenters. The van der Waals surface area contributed by atoms with Crippen LogP contribution in [0, 0.1) is 6.92 Å². The van der Waals surface area contributed by atoms with Crippen LogP contribution < -0.4 is 5.32 Å². The third-order valence-electron chi connectivity index (χ3n) is 4.39. The number of rotatable bonds is 4. The van der Waals surface area contributed by atoms with Crippen LogP contribution in [0.3, 0.4) is 0 Å². The second-order valence-corrected chi connectivity index (χ2v) is 6.04. The van der Waals surface area contributed by atoms with E-state index in [1.54, 1.807) is 6.33 Å². The summed E-state index contributed by atoms with van der Waals surface area (Å²) in [5, 5.41) is 3.72. The van der Waals surface area contributed by atoms with Crippen LogP contribution in [0.4, 0.5) is 0 Å². The van der Waals surface area contributed by atoms with Crippen LogP contribution in [0.5, 0.6) is 0 Å². The number of H-pyrrole nitrogens is 1. The summed E-state index contributed by atoms with van der Waals surface area (Å²) in [5.74, 6) is 0.0819. The van der Waals surface area contributed by atoms with Crippen molar-refractivity contribution in [3.05, 3.63) is 52.6 Å². The number of aromatic amines is 1. The number of aromatic nitrogens is 2. The molecule has 0 unspecified atom stereocenters. The van der Waals surface area contributed by atoms with E-state index in [-0.39, 0.29) is 5.91 Å². The van der Waals surface area contributed by atoms with Gasteiger partial charge in [-0.05, 0) is 37.5 Å². The number of carbonyl (C=O) groups excluding carboxylic acids is 1. The molecule has 1 aromatic carbocycles. The Morgan fingerprint density at radius 2 is 2.10 bits per heavy atom. The van der Waals surface area contributed by atoms with Crippen molar-refractivity contribution in [1.82, 2.24) is 15.3 Å². The molecule has 2 aromatic rings. The fraction of sp³-hybridized carbons (Fsp3) is 0.375. The van der Waals surface area contributed by atoms with Crippen molar-refractivity contribution >= 4 is 17.5 Å². The molecule has 0 aliphatic heterocycles. The van der Waals surface area contributed by atoms with E-state index < -0.39 is 5.41 Å². The summed E-state index contributed by atoms with van der Waals surface area (Å²) in [6, 6.07) is 7.62. The molecule has 110 valence electrons. The van der Waals surface area contributed by atoms with Gasteiger partial charge in [-0.1, -0.05) is 30.2 Å². The van der Waals surface area contributed by atoms with E-state index >= 15 is 0 Å². The summed E-state index contributed by atoms with van der Waals surface area (Å²) < 4.78 is 0. The Balaban J connectivity index is 1.75. The number of aryl methyl sites for hydroxylation is 1. The first-order chi connectivity index (χ1) is 10.1. The van der Waals surface area contributed by atoms with Crippen molar-refractivity contribution in [3.63, 3.8) is 0 Å². The predicted octanol–water partition coefficient (Wildman–Crippen LogP) is 3.11. The Hall–Kier alpha value is -1.81. The number of benzene rings is 1. The van der Waals surface area contributed by atoms with Gasteiger partial charge in [0, 0.05) is 10.7 Å². The molecule has 4 nitrogen and oxygen atoms in total. The van der Waals surface area contributed by atoms with E-state index in [0.29, 0.717) is 11.6 Å². The highest BCUT2D eigenvalue weighted by molar-refractivity contribution is 6.30. The molecule has 0 spiro atoms. The molecule has 5 heteroatoms. The van der Waals surface area contributed by atoms with E-state index in [1.165, 1.54) is 0 Å². The number of halogens is 1. The Bertz CT molecular complexity index is 644. The Morgan fingerprint density at radius 1 is 1.38 bits per heavy atom. The number of hydrogen-bond acceptors (Lipinski definition) is 2. The zero-order chi connectivity index (χ0) is 14.9. The van der Waals surface area contributed by atoms with Gasteiger partial charge in [0.1, 0.15) is 0 Å². The second-order valence-electron chi connectivity index (χ2n) is 5.60. The third-order valence-corrected chi connectivity index (χ3v) is 4.64. The van der Waals surface area contributed by atoms with Gasteiger partial charge in [0.05, 0.1) is 24.0 Å². The highest BCUT2D eigenvalue weighted by Crippen LogP contribution is 2.44. The maximum Gasteiger partial charge on any atom is 0.230 e. The minimum absolute atomic E-state index is 0.0819. The van der Waals surface area contributed by atoms with Gasteiger partial charge in [0.25, 0.3) is 0 Å². The number of nitrogens with zero attached hydrogens (tertiary/aromatic N) is 1. The summed E-state index contributed by atoms with van der Waals surface area (Å²) in [7, 11) is 0. The van der Waals surface area contributed by atoms with Crippen molar-refractivity contribution in [2.45, 2.75) is 38.1 Å². The van der Waals surface area contributed by atoms with Gasteiger partial charge in [-0.25, -0.2) is 4.98 Å². The van der Waals surface area contributed by atoms with Crippen LogP contribution in [0.25, 0.3) is 0 Å². The molecule has 1 aliphatic carbocycles. The maximum absolute atomic E-state index is 12.7.